The zero-order valence-corrected chi connectivity index (χ0v) is 11.7. The lowest BCUT2D eigenvalue weighted by atomic mass is 10.0. The fraction of sp³-hybridized carbons (Fsp3) is 0.385. The van der Waals surface area contributed by atoms with Crippen LogP contribution in [0.4, 0.5) is 0 Å². The molecule has 2 atom stereocenters. The normalized spacial score (nSPS) is 21.6. The van der Waals surface area contributed by atoms with Gasteiger partial charge in [0, 0.05) is 16.9 Å². The number of carbonyl (C=O) groups is 2. The van der Waals surface area contributed by atoms with E-state index < -0.39 is 0 Å². The van der Waals surface area contributed by atoms with Gasteiger partial charge in [-0.2, -0.15) is 0 Å². The van der Waals surface area contributed by atoms with Crippen molar-refractivity contribution in [2.24, 2.45) is 0 Å². The van der Waals surface area contributed by atoms with Crippen molar-refractivity contribution in [3.63, 3.8) is 0 Å². The minimum Gasteiger partial charge on any atom is -0.299 e. The van der Waals surface area contributed by atoms with Gasteiger partial charge >= 0.3 is 0 Å². The zero-order valence-electron chi connectivity index (χ0n) is 10.1. The number of piperidine rings is 1. The summed E-state index contributed by atoms with van der Waals surface area (Å²) in [5, 5.41) is 5.60. The molecule has 1 aliphatic rings. The summed E-state index contributed by atoms with van der Waals surface area (Å²) in [4.78, 5) is 22.7. The van der Waals surface area contributed by atoms with Crippen LogP contribution in [0, 0.1) is 0 Å². The SMILES string of the molecule is CC(NC1CCC(=O)NC1=O)c1cccc(Br)c1. The molecule has 2 N–H and O–H groups in total. The standard InChI is InChI=1S/C13H15BrN2O2/c1-8(9-3-2-4-10(14)7-9)15-11-5-6-12(17)16-13(11)18/h2-4,7-8,11,15H,5-6H2,1H3,(H,16,17,18). The third-order valence-corrected chi connectivity index (χ3v) is 3.53. The number of hydrogen-bond acceptors (Lipinski definition) is 3. The lowest BCUT2D eigenvalue weighted by Gasteiger charge is -2.25. The Morgan fingerprint density at radius 1 is 1.44 bits per heavy atom. The fourth-order valence-electron chi connectivity index (χ4n) is 2.03. The summed E-state index contributed by atoms with van der Waals surface area (Å²) in [6.07, 6.45) is 0.956. The van der Waals surface area contributed by atoms with Gasteiger partial charge in [0.05, 0.1) is 6.04 Å². The van der Waals surface area contributed by atoms with E-state index in [2.05, 4.69) is 26.6 Å². The second-order valence-corrected chi connectivity index (χ2v) is 5.36. The summed E-state index contributed by atoms with van der Waals surface area (Å²) in [5.41, 5.74) is 1.11. The largest absolute Gasteiger partial charge is 0.299 e. The second-order valence-electron chi connectivity index (χ2n) is 4.45. The van der Waals surface area contributed by atoms with Crippen molar-refractivity contribution in [2.45, 2.75) is 31.8 Å². The summed E-state index contributed by atoms with van der Waals surface area (Å²) < 4.78 is 1.01. The van der Waals surface area contributed by atoms with E-state index in [0.29, 0.717) is 12.8 Å². The molecule has 5 heteroatoms. The molecule has 1 heterocycles. The summed E-state index contributed by atoms with van der Waals surface area (Å²) in [6, 6.07) is 7.71. The Morgan fingerprint density at radius 3 is 2.89 bits per heavy atom. The molecule has 1 fully saturated rings. The first-order valence-corrected chi connectivity index (χ1v) is 6.71. The molecule has 0 aromatic heterocycles. The Kier molecular flexibility index (Phi) is 4.14. The van der Waals surface area contributed by atoms with Crippen molar-refractivity contribution in [3.8, 4) is 0 Å². The molecular weight excluding hydrogens is 296 g/mol. The van der Waals surface area contributed by atoms with Crippen molar-refractivity contribution in [2.75, 3.05) is 0 Å². The van der Waals surface area contributed by atoms with Crippen LogP contribution >= 0.6 is 15.9 Å². The van der Waals surface area contributed by atoms with E-state index in [4.69, 9.17) is 0 Å². The van der Waals surface area contributed by atoms with Gasteiger partial charge in [0.15, 0.2) is 0 Å². The topological polar surface area (TPSA) is 58.2 Å². The number of nitrogens with one attached hydrogen (secondary N) is 2. The highest BCUT2D eigenvalue weighted by atomic mass is 79.9. The Balaban J connectivity index is 2.01. The number of benzene rings is 1. The maximum atomic E-state index is 11.6. The summed E-state index contributed by atoms with van der Waals surface area (Å²) in [5.74, 6) is -0.416. The van der Waals surface area contributed by atoms with E-state index in [1.54, 1.807) is 0 Å². The van der Waals surface area contributed by atoms with Crippen LogP contribution < -0.4 is 10.6 Å². The molecule has 1 aliphatic heterocycles. The van der Waals surface area contributed by atoms with E-state index in [1.165, 1.54) is 0 Å². The van der Waals surface area contributed by atoms with E-state index in [1.807, 2.05) is 31.2 Å². The highest BCUT2D eigenvalue weighted by Crippen LogP contribution is 2.19. The summed E-state index contributed by atoms with van der Waals surface area (Å²) >= 11 is 3.42. The molecule has 1 saturated heterocycles. The van der Waals surface area contributed by atoms with Crippen LogP contribution in [-0.2, 0) is 9.59 Å². The van der Waals surface area contributed by atoms with Gasteiger partial charge in [-0.1, -0.05) is 28.1 Å². The van der Waals surface area contributed by atoms with Crippen LogP contribution in [0.25, 0.3) is 0 Å². The van der Waals surface area contributed by atoms with Gasteiger partial charge in [-0.05, 0) is 31.0 Å². The molecule has 2 amide bonds. The summed E-state index contributed by atoms with van der Waals surface area (Å²) in [7, 11) is 0. The molecule has 0 bridgehead atoms. The van der Waals surface area contributed by atoms with Gasteiger partial charge in [0.25, 0.3) is 0 Å². The zero-order chi connectivity index (χ0) is 13.1. The van der Waals surface area contributed by atoms with Crippen molar-refractivity contribution >= 4 is 27.7 Å². The van der Waals surface area contributed by atoms with Crippen LogP contribution in [0.15, 0.2) is 28.7 Å². The van der Waals surface area contributed by atoms with Gasteiger partial charge in [0.2, 0.25) is 11.8 Å². The Labute approximate surface area is 114 Å². The first-order chi connectivity index (χ1) is 8.56. The molecule has 0 aliphatic carbocycles. The highest BCUT2D eigenvalue weighted by Gasteiger charge is 2.27. The quantitative estimate of drug-likeness (QED) is 0.838. The van der Waals surface area contributed by atoms with Gasteiger partial charge in [-0.15, -0.1) is 0 Å². The molecule has 2 unspecified atom stereocenters. The third kappa shape index (κ3) is 3.17. The van der Waals surface area contributed by atoms with Crippen LogP contribution in [0.3, 0.4) is 0 Å². The van der Waals surface area contributed by atoms with Crippen LogP contribution in [0.1, 0.15) is 31.4 Å². The van der Waals surface area contributed by atoms with E-state index in [-0.39, 0.29) is 23.9 Å². The first kappa shape index (κ1) is 13.2. The molecule has 0 radical (unpaired) electrons. The summed E-state index contributed by atoms with van der Waals surface area (Å²) in [6.45, 7) is 2.01. The molecule has 0 saturated carbocycles. The van der Waals surface area contributed by atoms with Crippen LogP contribution in [-0.4, -0.2) is 17.9 Å². The smallest absolute Gasteiger partial charge is 0.243 e. The lowest BCUT2D eigenvalue weighted by molar-refractivity contribution is -0.134. The van der Waals surface area contributed by atoms with E-state index >= 15 is 0 Å². The Morgan fingerprint density at radius 2 is 2.22 bits per heavy atom. The van der Waals surface area contributed by atoms with Gasteiger partial charge in [-0.25, -0.2) is 0 Å². The lowest BCUT2D eigenvalue weighted by Crippen LogP contribution is -2.51. The van der Waals surface area contributed by atoms with Crippen LogP contribution in [0.2, 0.25) is 0 Å². The maximum absolute atomic E-state index is 11.6. The van der Waals surface area contributed by atoms with E-state index in [0.717, 1.165) is 10.0 Å². The van der Waals surface area contributed by atoms with Crippen molar-refractivity contribution in [3.05, 3.63) is 34.3 Å². The molecule has 96 valence electrons. The molecular formula is C13H15BrN2O2. The third-order valence-electron chi connectivity index (χ3n) is 3.04. The average molecular weight is 311 g/mol. The minimum atomic E-state index is -0.295. The average Bonchev–Trinajstić information content (AvgIpc) is 2.32. The Bertz CT molecular complexity index is 476. The van der Waals surface area contributed by atoms with Crippen LogP contribution in [0.5, 0.6) is 0 Å². The monoisotopic (exact) mass is 310 g/mol. The number of carbonyl (C=O) groups excluding carboxylic acids is 2. The van der Waals surface area contributed by atoms with Gasteiger partial charge < -0.3 is 0 Å². The number of rotatable bonds is 3. The molecule has 0 spiro atoms. The van der Waals surface area contributed by atoms with Crippen molar-refractivity contribution in [1.82, 2.24) is 10.6 Å². The predicted octanol–water partition coefficient (Wildman–Crippen LogP) is 1.90. The highest BCUT2D eigenvalue weighted by molar-refractivity contribution is 9.10. The first-order valence-electron chi connectivity index (χ1n) is 5.91. The van der Waals surface area contributed by atoms with Crippen molar-refractivity contribution < 1.29 is 9.59 Å². The second kappa shape index (κ2) is 5.63. The fourth-order valence-corrected chi connectivity index (χ4v) is 2.44. The van der Waals surface area contributed by atoms with Gasteiger partial charge in [0.1, 0.15) is 0 Å². The minimum absolute atomic E-state index is 0.0615. The van der Waals surface area contributed by atoms with Crippen molar-refractivity contribution in [1.29, 1.82) is 0 Å². The molecule has 18 heavy (non-hydrogen) atoms. The number of imide groups is 1. The number of amides is 2. The Hall–Kier alpha value is -1.20. The maximum Gasteiger partial charge on any atom is 0.243 e. The predicted molar refractivity (Wildman–Crippen MR) is 71.9 cm³/mol. The molecule has 2 rings (SSSR count). The molecule has 1 aromatic rings. The number of halogens is 1. The number of hydrogen-bond donors (Lipinski definition) is 2. The van der Waals surface area contributed by atoms with Gasteiger partial charge in [-0.3, -0.25) is 20.2 Å². The molecule has 1 aromatic carbocycles. The molecule has 4 nitrogen and oxygen atoms in total. The van der Waals surface area contributed by atoms with E-state index in [9.17, 15) is 9.59 Å².